The summed E-state index contributed by atoms with van der Waals surface area (Å²) in [6, 6.07) is -0.624. The fourth-order valence-corrected chi connectivity index (χ4v) is 10.4. The summed E-state index contributed by atoms with van der Waals surface area (Å²) in [5.74, 6) is -0.0578. The molecule has 4 nitrogen and oxygen atoms in total. The Kier molecular flexibility index (Phi) is 64.2. The average Bonchev–Trinajstić information content (AvgIpc) is 3.41. The fourth-order valence-electron chi connectivity index (χ4n) is 10.4. The van der Waals surface area contributed by atoms with Crippen LogP contribution >= 0.6 is 0 Å². The van der Waals surface area contributed by atoms with Crippen LogP contribution in [0.5, 0.6) is 0 Å². The summed E-state index contributed by atoms with van der Waals surface area (Å²) < 4.78 is 0. The first-order valence-electron chi connectivity index (χ1n) is 33.7. The van der Waals surface area contributed by atoms with Crippen molar-refractivity contribution in [2.45, 2.75) is 366 Å². The van der Waals surface area contributed by atoms with E-state index in [0.29, 0.717) is 6.42 Å². The maximum Gasteiger partial charge on any atom is 0.220 e. The topological polar surface area (TPSA) is 69.6 Å². The molecule has 0 aromatic rings. The molecule has 0 aromatic carbocycles. The van der Waals surface area contributed by atoms with Gasteiger partial charge in [0.05, 0.1) is 18.8 Å². The molecule has 0 saturated heterocycles. The number of hydrogen-bond donors (Lipinski definition) is 3. The molecule has 0 spiro atoms. The lowest BCUT2D eigenvalue weighted by Gasteiger charge is -2.20. The summed E-state index contributed by atoms with van der Waals surface area (Å²) >= 11 is 0. The Morgan fingerprint density at radius 2 is 0.587 bits per heavy atom. The highest BCUT2D eigenvalue weighted by Crippen LogP contribution is 2.18. The molecule has 4 heteroatoms. The Hall–Kier alpha value is -2.17. The van der Waals surface area contributed by atoms with E-state index in [1.807, 2.05) is 6.08 Å². The van der Waals surface area contributed by atoms with Gasteiger partial charge in [-0.3, -0.25) is 4.79 Å². The molecular weight excluding hydrogens is 915 g/mol. The summed E-state index contributed by atoms with van der Waals surface area (Å²) in [5.41, 5.74) is 0. The van der Waals surface area contributed by atoms with Crippen molar-refractivity contribution in [1.82, 2.24) is 5.32 Å². The number of aliphatic hydroxyl groups excluding tert-OH is 2. The normalized spacial score (nSPS) is 13.2. The third kappa shape index (κ3) is 62.6. The van der Waals surface area contributed by atoms with Gasteiger partial charge in [0.25, 0.3) is 0 Å². The predicted octanol–water partition coefficient (Wildman–Crippen LogP) is 22.9. The smallest absolute Gasteiger partial charge is 0.220 e. The Morgan fingerprint density at radius 3 is 0.880 bits per heavy atom. The highest BCUT2D eigenvalue weighted by Gasteiger charge is 2.18. The van der Waals surface area contributed by atoms with Gasteiger partial charge in [-0.25, -0.2) is 0 Å². The zero-order chi connectivity index (χ0) is 54.1. The molecule has 0 aliphatic heterocycles. The Labute approximate surface area is 469 Å². The van der Waals surface area contributed by atoms with Gasteiger partial charge in [-0.2, -0.15) is 0 Å². The van der Waals surface area contributed by atoms with Gasteiger partial charge in [0, 0.05) is 6.42 Å². The number of nitrogens with one attached hydrogen (secondary N) is 1. The first-order valence-corrected chi connectivity index (χ1v) is 33.7. The van der Waals surface area contributed by atoms with E-state index >= 15 is 0 Å². The van der Waals surface area contributed by atoms with E-state index in [2.05, 4.69) is 79.9 Å². The van der Waals surface area contributed by atoms with Crippen LogP contribution in [0, 0.1) is 0 Å². The highest BCUT2D eigenvalue weighted by molar-refractivity contribution is 5.76. The van der Waals surface area contributed by atoms with Crippen LogP contribution < -0.4 is 5.32 Å². The lowest BCUT2D eigenvalue weighted by atomic mass is 10.0. The summed E-state index contributed by atoms with van der Waals surface area (Å²) in [4.78, 5) is 12.5. The summed E-state index contributed by atoms with van der Waals surface area (Å²) in [5, 5.41) is 23.3. The van der Waals surface area contributed by atoms with Crippen LogP contribution in [0.25, 0.3) is 0 Å². The van der Waals surface area contributed by atoms with Crippen LogP contribution in [0.15, 0.2) is 72.9 Å². The van der Waals surface area contributed by atoms with E-state index < -0.39 is 12.1 Å². The minimum atomic E-state index is -0.841. The molecule has 0 saturated carbocycles. The second kappa shape index (κ2) is 66.1. The Morgan fingerprint density at radius 1 is 0.333 bits per heavy atom. The number of aliphatic hydroxyl groups is 2. The van der Waals surface area contributed by atoms with Crippen molar-refractivity contribution < 1.29 is 15.0 Å². The first kappa shape index (κ1) is 72.8. The molecule has 0 heterocycles. The number of carbonyl (C=O) groups is 1. The van der Waals surface area contributed by atoms with Crippen LogP contribution in [0.3, 0.4) is 0 Å². The van der Waals surface area contributed by atoms with Gasteiger partial charge >= 0.3 is 0 Å². The third-order valence-corrected chi connectivity index (χ3v) is 15.4. The zero-order valence-electron chi connectivity index (χ0n) is 50.6. The van der Waals surface area contributed by atoms with Crippen LogP contribution in [0.2, 0.25) is 0 Å². The van der Waals surface area contributed by atoms with Crippen molar-refractivity contribution in [2.24, 2.45) is 0 Å². The van der Waals surface area contributed by atoms with Gasteiger partial charge in [0.2, 0.25) is 5.91 Å². The van der Waals surface area contributed by atoms with Crippen molar-refractivity contribution in [2.75, 3.05) is 6.61 Å². The minimum absolute atomic E-state index is 0.0578. The van der Waals surface area contributed by atoms with Crippen molar-refractivity contribution in [1.29, 1.82) is 0 Å². The highest BCUT2D eigenvalue weighted by atomic mass is 16.3. The predicted molar refractivity (Wildman–Crippen MR) is 336 cm³/mol. The molecule has 0 bridgehead atoms. The largest absolute Gasteiger partial charge is 0.394 e. The molecule has 2 atom stereocenters. The molecule has 75 heavy (non-hydrogen) atoms. The molecule has 3 N–H and O–H groups in total. The minimum Gasteiger partial charge on any atom is -0.394 e. The lowest BCUT2D eigenvalue weighted by Crippen LogP contribution is -2.45. The zero-order valence-corrected chi connectivity index (χ0v) is 50.6. The maximum absolute atomic E-state index is 12.5. The SMILES string of the molecule is CC/C=C\C/C=C\C/C=C\C/C=C\C/C=C\CCCCCCCCCCCCCCCCCCCCCCCCCC(=O)NC(CO)C(O)/C=C/CCCCCCCCCCCCCCCCCCCCCCCC. The summed E-state index contributed by atoms with van der Waals surface area (Å²) in [6.07, 6.45) is 95.5. The van der Waals surface area contributed by atoms with Gasteiger partial charge < -0.3 is 15.5 Å². The van der Waals surface area contributed by atoms with Crippen LogP contribution in [-0.4, -0.2) is 34.9 Å². The summed E-state index contributed by atoms with van der Waals surface area (Å²) in [6.45, 7) is 4.23. The quantitative estimate of drug-likeness (QED) is 0.0420. The van der Waals surface area contributed by atoms with E-state index in [0.717, 1.165) is 57.8 Å². The van der Waals surface area contributed by atoms with Gasteiger partial charge in [0.1, 0.15) is 0 Å². The number of allylic oxidation sites excluding steroid dienone is 11. The molecule has 0 aliphatic carbocycles. The van der Waals surface area contributed by atoms with E-state index in [4.69, 9.17) is 0 Å². The van der Waals surface area contributed by atoms with E-state index in [9.17, 15) is 15.0 Å². The molecule has 2 unspecified atom stereocenters. The van der Waals surface area contributed by atoms with Crippen LogP contribution in [0.1, 0.15) is 354 Å². The van der Waals surface area contributed by atoms with Gasteiger partial charge in [-0.15, -0.1) is 0 Å². The van der Waals surface area contributed by atoms with Crippen LogP contribution in [0.4, 0.5) is 0 Å². The standard InChI is InChI=1S/C71H131NO3/c1-3-5-7-9-11-13-15-17-19-21-23-25-27-29-30-31-32-33-34-35-36-37-38-39-40-41-42-43-45-47-49-51-53-55-57-59-61-63-65-67-71(75)72-69(68-73)70(74)66-64-62-60-58-56-54-52-50-48-46-44-28-26-24-22-20-18-16-14-12-10-8-6-4-2/h5,7,11,13,17,19,23,25,29-30,64,66,69-70,73-74H,3-4,6,8-10,12,14-16,18,20-22,24,26-28,31-63,65,67-68H2,1-2H3,(H,72,75)/b7-5-,13-11-,19-17-,25-23-,30-29-,66-64+. The summed E-state index contributed by atoms with van der Waals surface area (Å²) in [7, 11) is 0. The number of amides is 1. The molecular formula is C71H131NO3. The fraction of sp³-hybridized carbons (Fsp3) is 0.817. The van der Waals surface area contributed by atoms with E-state index in [1.54, 1.807) is 6.08 Å². The van der Waals surface area contributed by atoms with Gasteiger partial charge in [-0.1, -0.05) is 356 Å². The third-order valence-electron chi connectivity index (χ3n) is 15.4. The molecule has 0 rings (SSSR count). The first-order chi connectivity index (χ1) is 37.2. The van der Waals surface area contributed by atoms with Gasteiger partial charge in [0.15, 0.2) is 0 Å². The number of carbonyl (C=O) groups excluding carboxylic acids is 1. The second-order valence-electron chi connectivity index (χ2n) is 22.9. The van der Waals surface area contributed by atoms with Crippen molar-refractivity contribution in [3.63, 3.8) is 0 Å². The molecule has 1 amide bonds. The van der Waals surface area contributed by atoms with Gasteiger partial charge in [-0.05, 0) is 64.2 Å². The maximum atomic E-state index is 12.5. The number of unbranched alkanes of at least 4 members (excludes halogenated alkanes) is 45. The number of rotatable bonds is 62. The average molecular weight is 1050 g/mol. The van der Waals surface area contributed by atoms with Crippen molar-refractivity contribution in [3.05, 3.63) is 72.9 Å². The molecule has 438 valence electrons. The van der Waals surface area contributed by atoms with Crippen molar-refractivity contribution in [3.8, 4) is 0 Å². The second-order valence-corrected chi connectivity index (χ2v) is 22.9. The van der Waals surface area contributed by atoms with E-state index in [-0.39, 0.29) is 12.5 Å². The van der Waals surface area contributed by atoms with E-state index in [1.165, 1.54) is 276 Å². The lowest BCUT2D eigenvalue weighted by molar-refractivity contribution is -0.123. The monoisotopic (exact) mass is 1050 g/mol. The molecule has 0 fully saturated rings. The molecule has 0 aromatic heterocycles. The molecule has 0 radical (unpaired) electrons. The Balaban J connectivity index is 3.43. The molecule has 0 aliphatic rings. The Bertz CT molecular complexity index is 1280. The number of hydrogen-bond acceptors (Lipinski definition) is 3. The van der Waals surface area contributed by atoms with Crippen molar-refractivity contribution >= 4 is 5.91 Å². The van der Waals surface area contributed by atoms with Crippen LogP contribution in [-0.2, 0) is 4.79 Å².